The summed E-state index contributed by atoms with van der Waals surface area (Å²) in [5.41, 5.74) is 1.19. The summed E-state index contributed by atoms with van der Waals surface area (Å²) in [7, 11) is -1.85. The van der Waals surface area contributed by atoms with E-state index >= 15 is 0 Å². The monoisotopic (exact) mass is 392 g/mol. The van der Waals surface area contributed by atoms with E-state index in [1.807, 2.05) is 24.3 Å². The number of hydrogen-bond acceptors (Lipinski definition) is 3. The van der Waals surface area contributed by atoms with Gasteiger partial charge in [0.15, 0.2) is 0 Å². The number of alkyl halides is 1. The standard InChI is InChI=1S/C20H25FN2O3S/c1-15(2)27(25,26)22-13-20(3,21)18-9-5-16(6-10-18)17-7-11-19(12-8-17)23(4)14-24/h5-12,14-15,22H,13H2,1-4H3. The number of nitrogens with one attached hydrogen (secondary N) is 1. The van der Waals surface area contributed by atoms with Crippen LogP contribution in [-0.2, 0) is 20.5 Å². The van der Waals surface area contributed by atoms with Crippen LogP contribution in [0.5, 0.6) is 0 Å². The van der Waals surface area contributed by atoms with Crippen molar-refractivity contribution in [3.63, 3.8) is 0 Å². The van der Waals surface area contributed by atoms with Gasteiger partial charge >= 0.3 is 0 Å². The van der Waals surface area contributed by atoms with E-state index in [4.69, 9.17) is 0 Å². The Morgan fingerprint density at radius 3 is 2.00 bits per heavy atom. The third kappa shape index (κ3) is 5.14. The van der Waals surface area contributed by atoms with E-state index in [-0.39, 0.29) is 6.54 Å². The molecule has 0 bridgehead atoms. The Hall–Kier alpha value is -2.25. The van der Waals surface area contributed by atoms with Crippen molar-refractivity contribution in [2.75, 3.05) is 18.5 Å². The van der Waals surface area contributed by atoms with Gasteiger partial charge < -0.3 is 4.90 Å². The normalized spacial score (nSPS) is 14.0. The number of rotatable bonds is 8. The van der Waals surface area contributed by atoms with Crippen molar-refractivity contribution >= 4 is 22.1 Å². The van der Waals surface area contributed by atoms with Crippen molar-refractivity contribution < 1.29 is 17.6 Å². The van der Waals surface area contributed by atoms with Gasteiger partial charge in [-0.1, -0.05) is 36.4 Å². The summed E-state index contributed by atoms with van der Waals surface area (Å²) in [6, 6.07) is 14.3. The summed E-state index contributed by atoms with van der Waals surface area (Å²) < 4.78 is 41.0. The first-order valence-corrected chi connectivity index (χ1v) is 10.2. The van der Waals surface area contributed by atoms with Crippen LogP contribution in [0.4, 0.5) is 10.1 Å². The summed E-state index contributed by atoms with van der Waals surface area (Å²) in [5, 5.41) is -0.614. The molecule has 1 atom stereocenters. The van der Waals surface area contributed by atoms with Crippen molar-refractivity contribution in [1.82, 2.24) is 4.72 Å². The fraction of sp³-hybridized carbons (Fsp3) is 0.350. The van der Waals surface area contributed by atoms with Crippen LogP contribution in [0.2, 0.25) is 0 Å². The van der Waals surface area contributed by atoms with Gasteiger partial charge in [-0.3, -0.25) is 4.79 Å². The number of benzene rings is 2. The van der Waals surface area contributed by atoms with E-state index in [1.165, 1.54) is 11.8 Å². The van der Waals surface area contributed by atoms with Gasteiger partial charge in [0.05, 0.1) is 5.25 Å². The van der Waals surface area contributed by atoms with Crippen molar-refractivity contribution in [1.29, 1.82) is 0 Å². The molecular weight excluding hydrogens is 367 g/mol. The zero-order valence-electron chi connectivity index (χ0n) is 15.9. The van der Waals surface area contributed by atoms with Crippen LogP contribution in [-0.4, -0.2) is 33.7 Å². The first-order valence-electron chi connectivity index (χ1n) is 8.63. The molecule has 0 aliphatic rings. The highest BCUT2D eigenvalue weighted by Crippen LogP contribution is 2.29. The quantitative estimate of drug-likeness (QED) is 0.700. The first kappa shape index (κ1) is 21.1. The van der Waals surface area contributed by atoms with E-state index in [0.717, 1.165) is 23.2 Å². The Morgan fingerprint density at radius 2 is 1.56 bits per heavy atom. The number of hydrogen-bond donors (Lipinski definition) is 1. The fourth-order valence-corrected chi connectivity index (χ4v) is 3.27. The van der Waals surface area contributed by atoms with Gasteiger partial charge in [0.25, 0.3) is 0 Å². The lowest BCUT2D eigenvalue weighted by Crippen LogP contribution is -2.39. The van der Waals surface area contributed by atoms with Crippen LogP contribution in [0, 0.1) is 0 Å². The number of nitrogens with zero attached hydrogens (tertiary/aromatic N) is 1. The molecule has 0 fully saturated rings. The third-order valence-corrected chi connectivity index (χ3v) is 6.27. The minimum atomic E-state index is -3.52. The van der Waals surface area contributed by atoms with E-state index < -0.39 is 20.9 Å². The lowest BCUT2D eigenvalue weighted by atomic mass is 9.95. The predicted octanol–water partition coefficient (Wildman–Crippen LogP) is 3.46. The second-order valence-electron chi connectivity index (χ2n) is 6.95. The van der Waals surface area contributed by atoms with E-state index in [9.17, 15) is 17.6 Å². The molecule has 1 amide bonds. The maximum absolute atomic E-state index is 15.0. The molecule has 0 heterocycles. The molecule has 27 heavy (non-hydrogen) atoms. The molecule has 0 saturated heterocycles. The van der Waals surface area contributed by atoms with E-state index in [1.54, 1.807) is 45.2 Å². The Kier molecular flexibility index (Phi) is 6.38. The van der Waals surface area contributed by atoms with Gasteiger partial charge in [-0.25, -0.2) is 17.5 Å². The van der Waals surface area contributed by atoms with Gasteiger partial charge in [-0.15, -0.1) is 0 Å². The summed E-state index contributed by atoms with van der Waals surface area (Å²) in [6.07, 6.45) is 0.736. The van der Waals surface area contributed by atoms with Crippen LogP contribution in [0.3, 0.4) is 0 Å². The molecule has 0 radical (unpaired) electrons. The summed E-state index contributed by atoms with van der Waals surface area (Å²) >= 11 is 0. The molecule has 2 rings (SSSR count). The number of halogens is 1. The molecule has 0 spiro atoms. The Morgan fingerprint density at radius 1 is 1.07 bits per heavy atom. The summed E-state index contributed by atoms with van der Waals surface area (Å²) in [6.45, 7) is 4.13. The minimum absolute atomic E-state index is 0.320. The van der Waals surface area contributed by atoms with E-state index in [0.29, 0.717) is 5.56 Å². The SMILES string of the molecule is CC(C)S(=O)(=O)NCC(C)(F)c1ccc(-c2ccc(N(C)C=O)cc2)cc1. The number of carbonyl (C=O) groups is 1. The van der Waals surface area contributed by atoms with Gasteiger partial charge in [0, 0.05) is 19.3 Å². The highest BCUT2D eigenvalue weighted by molar-refractivity contribution is 7.90. The number of amides is 1. The zero-order chi connectivity index (χ0) is 20.2. The molecule has 1 unspecified atom stereocenters. The molecule has 146 valence electrons. The van der Waals surface area contributed by atoms with Gasteiger partial charge in [0.1, 0.15) is 5.67 Å². The van der Waals surface area contributed by atoms with Crippen molar-refractivity contribution in [2.24, 2.45) is 0 Å². The topological polar surface area (TPSA) is 66.5 Å². The third-order valence-electron chi connectivity index (χ3n) is 4.48. The van der Waals surface area contributed by atoms with Crippen molar-refractivity contribution in [2.45, 2.75) is 31.7 Å². The highest BCUT2D eigenvalue weighted by Gasteiger charge is 2.28. The van der Waals surface area contributed by atoms with Crippen LogP contribution in [0.25, 0.3) is 11.1 Å². The molecule has 1 N–H and O–H groups in total. The molecule has 2 aromatic carbocycles. The highest BCUT2D eigenvalue weighted by atomic mass is 32.2. The average molecular weight is 392 g/mol. The molecule has 0 saturated carbocycles. The molecule has 0 aliphatic carbocycles. The number of anilines is 1. The average Bonchev–Trinajstić information content (AvgIpc) is 2.66. The summed E-state index contributed by atoms with van der Waals surface area (Å²) in [5.74, 6) is 0. The zero-order valence-corrected chi connectivity index (χ0v) is 16.8. The summed E-state index contributed by atoms with van der Waals surface area (Å²) in [4.78, 5) is 12.3. The van der Waals surface area contributed by atoms with E-state index in [2.05, 4.69) is 4.72 Å². The molecular formula is C20H25FN2O3S. The lowest BCUT2D eigenvalue weighted by Gasteiger charge is -2.22. The van der Waals surface area contributed by atoms with Crippen LogP contribution in [0.15, 0.2) is 48.5 Å². The maximum Gasteiger partial charge on any atom is 0.214 e. The first-order chi connectivity index (χ1) is 12.6. The number of carbonyl (C=O) groups excluding carboxylic acids is 1. The Labute approximate surface area is 160 Å². The molecule has 0 aromatic heterocycles. The van der Waals surface area contributed by atoms with Crippen LogP contribution >= 0.6 is 0 Å². The predicted molar refractivity (Wildman–Crippen MR) is 107 cm³/mol. The lowest BCUT2D eigenvalue weighted by molar-refractivity contribution is -0.107. The largest absolute Gasteiger partial charge is 0.318 e. The maximum atomic E-state index is 15.0. The Balaban J connectivity index is 2.15. The van der Waals surface area contributed by atoms with Crippen LogP contribution < -0.4 is 9.62 Å². The second kappa shape index (κ2) is 8.19. The van der Waals surface area contributed by atoms with Crippen LogP contribution in [0.1, 0.15) is 26.3 Å². The Bertz CT molecular complexity index is 876. The smallest absolute Gasteiger partial charge is 0.214 e. The second-order valence-corrected chi connectivity index (χ2v) is 9.27. The van der Waals surface area contributed by atoms with Gasteiger partial charge in [-0.2, -0.15) is 0 Å². The van der Waals surface area contributed by atoms with Gasteiger partial charge in [-0.05, 0) is 49.6 Å². The van der Waals surface area contributed by atoms with Crippen molar-refractivity contribution in [3.8, 4) is 11.1 Å². The van der Waals surface area contributed by atoms with Crippen molar-refractivity contribution in [3.05, 3.63) is 54.1 Å². The minimum Gasteiger partial charge on any atom is -0.318 e. The van der Waals surface area contributed by atoms with Gasteiger partial charge in [0.2, 0.25) is 16.4 Å². The molecule has 2 aromatic rings. The molecule has 7 heteroatoms. The molecule has 5 nitrogen and oxygen atoms in total. The fourth-order valence-electron chi connectivity index (χ4n) is 2.46. The number of sulfonamides is 1. The molecule has 0 aliphatic heterocycles.